The molecule has 0 saturated carbocycles. The molecule has 0 saturated heterocycles. The molecule has 0 atom stereocenters. The van der Waals surface area contributed by atoms with Crippen LogP contribution in [-0.4, -0.2) is 30.6 Å². The number of carbonyl (C=O) groups excluding carboxylic acids is 2. The Morgan fingerprint density at radius 3 is 2.47 bits per heavy atom. The van der Waals surface area contributed by atoms with Gasteiger partial charge in [0.1, 0.15) is 6.54 Å². The fraction of sp³-hybridized carbons (Fsp3) is 0.800. The van der Waals surface area contributed by atoms with Gasteiger partial charge in [-0.3, -0.25) is 9.59 Å². The lowest BCUT2D eigenvalue weighted by atomic mass is 10.00. The Morgan fingerprint density at radius 2 is 2.00 bits per heavy atom. The van der Waals surface area contributed by atoms with E-state index < -0.39 is 5.97 Å². The molecule has 0 heterocycles. The van der Waals surface area contributed by atoms with Crippen LogP contribution in [0.5, 0.6) is 0 Å². The predicted molar refractivity (Wildman–Crippen MR) is 57.1 cm³/mol. The molecule has 0 unspecified atom stereocenters. The van der Waals surface area contributed by atoms with E-state index in [1.165, 1.54) is 0 Å². The standard InChI is InChI=1S/C10H20N2O3/c1-4-15-9(14)7-12-8(13)5-6-10(2,3)11/h4-7,11H2,1-3H3,(H,12,13). The van der Waals surface area contributed by atoms with E-state index in [9.17, 15) is 9.59 Å². The number of ether oxygens (including phenoxy) is 1. The van der Waals surface area contributed by atoms with Gasteiger partial charge in [-0.05, 0) is 27.2 Å². The first-order valence-corrected chi connectivity index (χ1v) is 5.06. The van der Waals surface area contributed by atoms with Gasteiger partial charge >= 0.3 is 5.97 Å². The molecule has 3 N–H and O–H groups in total. The lowest BCUT2D eigenvalue weighted by Gasteiger charge is -2.17. The van der Waals surface area contributed by atoms with Crippen LogP contribution in [0.3, 0.4) is 0 Å². The number of nitrogens with two attached hydrogens (primary N) is 1. The second-order valence-electron chi connectivity index (χ2n) is 4.07. The fourth-order valence-corrected chi connectivity index (χ4v) is 0.907. The van der Waals surface area contributed by atoms with Crippen molar-refractivity contribution in [2.45, 2.75) is 39.2 Å². The number of hydrogen-bond donors (Lipinski definition) is 2. The Balaban J connectivity index is 3.62. The molecule has 0 radical (unpaired) electrons. The van der Waals surface area contributed by atoms with Crippen LogP contribution < -0.4 is 11.1 Å². The van der Waals surface area contributed by atoms with Crippen LogP contribution in [0.15, 0.2) is 0 Å². The zero-order chi connectivity index (χ0) is 11.9. The summed E-state index contributed by atoms with van der Waals surface area (Å²) in [6.07, 6.45) is 0.907. The molecule has 0 aliphatic heterocycles. The molecule has 88 valence electrons. The van der Waals surface area contributed by atoms with Crippen LogP contribution in [0.1, 0.15) is 33.6 Å². The molecule has 15 heavy (non-hydrogen) atoms. The number of esters is 1. The van der Waals surface area contributed by atoms with Crippen molar-refractivity contribution in [2.75, 3.05) is 13.2 Å². The molecule has 0 aromatic heterocycles. The number of amides is 1. The van der Waals surface area contributed by atoms with Crippen LogP contribution in [0.2, 0.25) is 0 Å². The maximum absolute atomic E-state index is 11.2. The lowest BCUT2D eigenvalue weighted by Crippen LogP contribution is -2.36. The zero-order valence-corrected chi connectivity index (χ0v) is 9.63. The largest absolute Gasteiger partial charge is 0.465 e. The van der Waals surface area contributed by atoms with E-state index in [-0.39, 0.29) is 18.0 Å². The first-order chi connectivity index (χ1) is 6.85. The van der Waals surface area contributed by atoms with Gasteiger partial charge in [0, 0.05) is 12.0 Å². The summed E-state index contributed by atoms with van der Waals surface area (Å²) in [6.45, 7) is 5.68. The summed E-state index contributed by atoms with van der Waals surface area (Å²) in [6, 6.07) is 0. The molecule has 0 aromatic rings. The molecule has 1 amide bonds. The SMILES string of the molecule is CCOC(=O)CNC(=O)CCC(C)(C)N. The van der Waals surface area contributed by atoms with E-state index in [0.29, 0.717) is 19.4 Å². The highest BCUT2D eigenvalue weighted by Crippen LogP contribution is 2.06. The lowest BCUT2D eigenvalue weighted by molar-refractivity contribution is -0.143. The van der Waals surface area contributed by atoms with Crippen molar-refractivity contribution in [3.8, 4) is 0 Å². The van der Waals surface area contributed by atoms with Crippen LogP contribution in [-0.2, 0) is 14.3 Å². The van der Waals surface area contributed by atoms with Crippen molar-refractivity contribution in [3.63, 3.8) is 0 Å². The van der Waals surface area contributed by atoms with Crippen LogP contribution in [0.25, 0.3) is 0 Å². The van der Waals surface area contributed by atoms with Gasteiger partial charge in [-0.2, -0.15) is 0 Å². The second-order valence-corrected chi connectivity index (χ2v) is 4.07. The van der Waals surface area contributed by atoms with Gasteiger partial charge < -0.3 is 15.8 Å². The van der Waals surface area contributed by atoms with Gasteiger partial charge in [-0.1, -0.05) is 0 Å². The van der Waals surface area contributed by atoms with Crippen molar-refractivity contribution in [3.05, 3.63) is 0 Å². The highest BCUT2D eigenvalue weighted by Gasteiger charge is 2.13. The summed E-state index contributed by atoms with van der Waals surface area (Å²) in [7, 11) is 0. The van der Waals surface area contributed by atoms with Crippen LogP contribution in [0.4, 0.5) is 0 Å². The molecule has 0 spiro atoms. The quantitative estimate of drug-likeness (QED) is 0.621. The van der Waals surface area contributed by atoms with E-state index >= 15 is 0 Å². The first kappa shape index (κ1) is 13.9. The van der Waals surface area contributed by atoms with Crippen molar-refractivity contribution >= 4 is 11.9 Å². The average molecular weight is 216 g/mol. The molecule has 0 aliphatic rings. The smallest absolute Gasteiger partial charge is 0.325 e. The van der Waals surface area contributed by atoms with Crippen molar-refractivity contribution in [1.82, 2.24) is 5.32 Å². The number of nitrogens with one attached hydrogen (secondary N) is 1. The molecule has 0 bridgehead atoms. The highest BCUT2D eigenvalue weighted by atomic mass is 16.5. The van der Waals surface area contributed by atoms with Crippen LogP contribution in [0, 0.1) is 0 Å². The van der Waals surface area contributed by atoms with Crippen LogP contribution >= 0.6 is 0 Å². The number of rotatable bonds is 6. The zero-order valence-electron chi connectivity index (χ0n) is 9.63. The third kappa shape index (κ3) is 9.21. The predicted octanol–water partition coefficient (Wildman–Crippen LogP) is 0.183. The third-order valence-corrected chi connectivity index (χ3v) is 1.73. The first-order valence-electron chi connectivity index (χ1n) is 5.06. The van der Waals surface area contributed by atoms with Gasteiger partial charge in [0.25, 0.3) is 0 Å². The fourth-order valence-electron chi connectivity index (χ4n) is 0.907. The van der Waals surface area contributed by atoms with E-state index in [1.54, 1.807) is 6.92 Å². The van der Waals surface area contributed by atoms with Crippen molar-refractivity contribution in [1.29, 1.82) is 0 Å². The molecule has 0 rings (SSSR count). The Bertz CT molecular complexity index is 221. The van der Waals surface area contributed by atoms with E-state index in [2.05, 4.69) is 10.1 Å². The summed E-state index contributed by atoms with van der Waals surface area (Å²) in [4.78, 5) is 22.1. The van der Waals surface area contributed by atoms with Gasteiger partial charge in [0.2, 0.25) is 5.91 Å². The van der Waals surface area contributed by atoms with Gasteiger partial charge in [0.15, 0.2) is 0 Å². The van der Waals surface area contributed by atoms with Gasteiger partial charge in [-0.25, -0.2) is 0 Å². The van der Waals surface area contributed by atoms with E-state index in [4.69, 9.17) is 5.73 Å². The second kappa shape index (κ2) is 6.40. The van der Waals surface area contributed by atoms with Gasteiger partial charge in [-0.15, -0.1) is 0 Å². The molecule has 5 nitrogen and oxygen atoms in total. The number of hydrogen-bond acceptors (Lipinski definition) is 4. The molecule has 0 fully saturated rings. The molecular weight excluding hydrogens is 196 g/mol. The van der Waals surface area contributed by atoms with E-state index in [1.807, 2.05) is 13.8 Å². The Labute approximate surface area is 90.4 Å². The topological polar surface area (TPSA) is 81.4 Å². The minimum absolute atomic E-state index is 0.0718. The molecule has 0 aromatic carbocycles. The monoisotopic (exact) mass is 216 g/mol. The Morgan fingerprint density at radius 1 is 1.40 bits per heavy atom. The minimum atomic E-state index is -0.419. The summed E-state index contributed by atoms with van der Waals surface area (Å²) >= 11 is 0. The summed E-state index contributed by atoms with van der Waals surface area (Å²) < 4.78 is 4.66. The Hall–Kier alpha value is -1.10. The van der Waals surface area contributed by atoms with Gasteiger partial charge in [0.05, 0.1) is 6.61 Å². The summed E-state index contributed by atoms with van der Waals surface area (Å²) in [5.41, 5.74) is 5.36. The normalized spacial score (nSPS) is 10.9. The molecule has 5 heteroatoms. The summed E-state index contributed by atoms with van der Waals surface area (Å²) in [5.74, 6) is -0.598. The minimum Gasteiger partial charge on any atom is -0.465 e. The van der Waals surface area contributed by atoms with E-state index in [0.717, 1.165) is 0 Å². The number of carbonyl (C=O) groups is 2. The highest BCUT2D eigenvalue weighted by molar-refractivity contribution is 5.81. The molecule has 0 aliphatic carbocycles. The maximum atomic E-state index is 11.2. The summed E-state index contributed by atoms with van der Waals surface area (Å²) in [5, 5.41) is 2.47. The average Bonchev–Trinajstić information content (AvgIpc) is 2.11. The maximum Gasteiger partial charge on any atom is 0.325 e. The van der Waals surface area contributed by atoms with Crippen molar-refractivity contribution < 1.29 is 14.3 Å². The third-order valence-electron chi connectivity index (χ3n) is 1.73. The Kier molecular flexibility index (Phi) is 5.93. The molecular formula is C10H20N2O3. The van der Waals surface area contributed by atoms with Crippen molar-refractivity contribution in [2.24, 2.45) is 5.73 Å².